The van der Waals surface area contributed by atoms with Crippen molar-refractivity contribution in [3.8, 4) is 0 Å². The molecule has 2 fully saturated rings. The van der Waals surface area contributed by atoms with Gasteiger partial charge in [0.2, 0.25) is 5.91 Å². The van der Waals surface area contributed by atoms with Crippen molar-refractivity contribution < 1.29 is 41.0 Å². The topological polar surface area (TPSA) is 76.4 Å². The number of carbonyl (C=O) groups excluding carboxylic acids is 1. The summed E-state index contributed by atoms with van der Waals surface area (Å²) in [6, 6.07) is 3.48. The third-order valence-electron chi connectivity index (χ3n) is 5.72. The van der Waals surface area contributed by atoms with Gasteiger partial charge in [-0.15, -0.1) is 0 Å². The largest absolute Gasteiger partial charge is 0.435 e. The molecule has 5 unspecified atom stereocenters. The molecule has 0 radical (unpaired) electrons. The second kappa shape index (κ2) is 7.63. The lowest BCUT2D eigenvalue weighted by atomic mass is 9.75. The van der Waals surface area contributed by atoms with Gasteiger partial charge in [0.25, 0.3) is 0 Å². The number of aliphatic hydroxyl groups is 1. The van der Waals surface area contributed by atoms with E-state index >= 15 is 0 Å². The number of ether oxygens (including phenoxy) is 1. The molecule has 0 spiro atoms. The van der Waals surface area contributed by atoms with E-state index in [0.29, 0.717) is 6.07 Å². The van der Waals surface area contributed by atoms with Gasteiger partial charge in [-0.1, -0.05) is 11.6 Å². The molecule has 32 heavy (non-hydrogen) atoms. The van der Waals surface area contributed by atoms with Crippen molar-refractivity contribution in [1.29, 1.82) is 0 Å². The minimum absolute atomic E-state index is 0.0175. The van der Waals surface area contributed by atoms with Crippen molar-refractivity contribution in [3.63, 3.8) is 0 Å². The minimum Gasteiger partial charge on any atom is -0.390 e. The van der Waals surface area contributed by atoms with Gasteiger partial charge < -0.3 is 15.2 Å². The molecule has 2 saturated heterocycles. The van der Waals surface area contributed by atoms with Gasteiger partial charge in [0.1, 0.15) is 0 Å². The third kappa shape index (κ3) is 3.95. The lowest BCUT2D eigenvalue weighted by molar-refractivity contribution is -0.141. The Balaban J connectivity index is 1.63. The molecule has 4 rings (SSSR count). The number of alkyl halides is 6. The lowest BCUT2D eigenvalue weighted by Crippen LogP contribution is -2.41. The second-order valence-electron chi connectivity index (χ2n) is 7.75. The smallest absolute Gasteiger partial charge is 0.390 e. The van der Waals surface area contributed by atoms with Crippen molar-refractivity contribution in [1.82, 2.24) is 9.78 Å². The number of hydrogen-bond donors (Lipinski definition) is 2. The summed E-state index contributed by atoms with van der Waals surface area (Å²) in [5.41, 5.74) is -2.19. The van der Waals surface area contributed by atoms with Gasteiger partial charge in [-0.25, -0.2) is 0 Å². The van der Waals surface area contributed by atoms with Crippen LogP contribution in [0, 0.1) is 5.92 Å². The minimum atomic E-state index is -4.71. The highest BCUT2D eigenvalue weighted by molar-refractivity contribution is 6.31. The zero-order chi connectivity index (χ0) is 23.6. The molecular formula is C19H16ClF6N3O3. The Hall–Kier alpha value is -2.31. The first-order chi connectivity index (χ1) is 14.8. The van der Waals surface area contributed by atoms with E-state index in [1.165, 1.54) is 7.05 Å². The van der Waals surface area contributed by atoms with Crippen LogP contribution in [0.1, 0.15) is 29.3 Å². The third-order valence-corrected chi connectivity index (χ3v) is 6.03. The molecule has 174 valence electrons. The molecular weight excluding hydrogens is 468 g/mol. The van der Waals surface area contributed by atoms with Crippen LogP contribution in [0.3, 0.4) is 0 Å². The summed E-state index contributed by atoms with van der Waals surface area (Å²) in [6.07, 6.45) is -12.0. The molecule has 1 aromatic carbocycles. The number of halogens is 7. The molecule has 5 atom stereocenters. The zero-order valence-corrected chi connectivity index (χ0v) is 17.0. The summed E-state index contributed by atoms with van der Waals surface area (Å²) in [4.78, 5) is 13.0. The highest BCUT2D eigenvalue weighted by atomic mass is 35.5. The van der Waals surface area contributed by atoms with E-state index in [9.17, 15) is 36.2 Å². The number of nitrogens with one attached hydrogen (secondary N) is 1. The molecule has 2 aliphatic heterocycles. The van der Waals surface area contributed by atoms with E-state index in [1.807, 2.05) is 0 Å². The number of nitrogens with zero attached hydrogens (tertiary/aromatic N) is 2. The Labute approximate surface area is 182 Å². The van der Waals surface area contributed by atoms with Crippen LogP contribution < -0.4 is 5.32 Å². The summed E-state index contributed by atoms with van der Waals surface area (Å²) < 4.78 is 84.6. The number of amides is 1. The first-order valence-corrected chi connectivity index (χ1v) is 9.77. The van der Waals surface area contributed by atoms with E-state index in [0.717, 1.165) is 22.9 Å². The quantitative estimate of drug-likeness (QED) is 0.648. The van der Waals surface area contributed by atoms with Crippen LogP contribution in [0.4, 0.5) is 32.0 Å². The number of aryl methyl sites for hydroxylation is 1. The van der Waals surface area contributed by atoms with E-state index in [4.69, 9.17) is 16.3 Å². The number of fused-ring (bicyclic) bond motifs is 2. The summed E-state index contributed by atoms with van der Waals surface area (Å²) in [7, 11) is 1.29. The van der Waals surface area contributed by atoms with Crippen molar-refractivity contribution in [2.24, 2.45) is 13.0 Å². The van der Waals surface area contributed by atoms with Crippen molar-refractivity contribution in [3.05, 3.63) is 46.2 Å². The number of rotatable bonds is 3. The first kappa shape index (κ1) is 22.9. The zero-order valence-electron chi connectivity index (χ0n) is 16.2. The highest BCUT2D eigenvalue weighted by Crippen LogP contribution is 2.50. The van der Waals surface area contributed by atoms with Crippen molar-refractivity contribution >= 4 is 23.2 Å². The predicted octanol–water partition coefficient (Wildman–Crippen LogP) is 3.98. The molecule has 2 aromatic rings. The molecule has 2 bridgehead atoms. The number of carbonyl (C=O) groups is 1. The van der Waals surface area contributed by atoms with Crippen LogP contribution in [-0.4, -0.2) is 39.1 Å². The van der Waals surface area contributed by atoms with Gasteiger partial charge in [0.15, 0.2) is 5.69 Å². The fraction of sp³-hybridized carbons (Fsp3) is 0.474. The predicted molar refractivity (Wildman–Crippen MR) is 98.8 cm³/mol. The highest BCUT2D eigenvalue weighted by Gasteiger charge is 2.58. The molecule has 2 aliphatic rings. The molecule has 3 heterocycles. The standard InChI is InChI=1S/C19H16ClF6N3O3/c1-29-10(5-13(28-29)19(24,25)26)14-15(12-6-11(30)16(14)32-12)17(31)27-7-2-3-8(9(20)4-7)18(21,22)23/h2-5,11-12,14-16,30H,6H2,1H3,(H,27,31). The Morgan fingerprint density at radius 3 is 2.47 bits per heavy atom. The van der Waals surface area contributed by atoms with Crippen LogP contribution in [0.25, 0.3) is 0 Å². The lowest BCUT2D eigenvalue weighted by Gasteiger charge is -2.29. The monoisotopic (exact) mass is 483 g/mol. The average Bonchev–Trinajstić information content (AvgIpc) is 3.31. The van der Waals surface area contributed by atoms with Crippen LogP contribution >= 0.6 is 11.6 Å². The van der Waals surface area contributed by atoms with Gasteiger partial charge in [0, 0.05) is 30.8 Å². The van der Waals surface area contributed by atoms with E-state index in [1.54, 1.807) is 0 Å². The van der Waals surface area contributed by atoms with Crippen molar-refractivity contribution in [2.75, 3.05) is 5.32 Å². The fourth-order valence-electron chi connectivity index (χ4n) is 4.38. The number of aromatic nitrogens is 2. The van der Waals surface area contributed by atoms with E-state index in [-0.39, 0.29) is 17.8 Å². The molecule has 1 aromatic heterocycles. The van der Waals surface area contributed by atoms with E-state index in [2.05, 4.69) is 10.4 Å². The molecule has 0 saturated carbocycles. The van der Waals surface area contributed by atoms with Crippen LogP contribution in [0.15, 0.2) is 24.3 Å². The summed E-state index contributed by atoms with van der Waals surface area (Å²) in [5, 5.41) is 15.5. The van der Waals surface area contributed by atoms with Gasteiger partial charge >= 0.3 is 12.4 Å². The average molecular weight is 484 g/mol. The Morgan fingerprint density at radius 1 is 1.22 bits per heavy atom. The second-order valence-corrected chi connectivity index (χ2v) is 8.16. The van der Waals surface area contributed by atoms with Gasteiger partial charge in [0.05, 0.1) is 34.8 Å². The summed E-state index contributed by atoms with van der Waals surface area (Å²) >= 11 is 5.68. The van der Waals surface area contributed by atoms with E-state index < -0.39 is 64.7 Å². The summed E-state index contributed by atoms with van der Waals surface area (Å²) in [5.74, 6) is -2.62. The molecule has 0 aliphatic carbocycles. The molecule has 2 N–H and O–H groups in total. The Morgan fingerprint density at radius 2 is 1.91 bits per heavy atom. The van der Waals surface area contributed by atoms with Crippen molar-refractivity contribution in [2.45, 2.75) is 43.0 Å². The summed E-state index contributed by atoms with van der Waals surface area (Å²) in [6.45, 7) is 0. The molecule has 13 heteroatoms. The fourth-order valence-corrected chi connectivity index (χ4v) is 4.66. The van der Waals surface area contributed by atoms with Crippen LogP contribution in [0.2, 0.25) is 5.02 Å². The first-order valence-electron chi connectivity index (χ1n) is 9.39. The maximum Gasteiger partial charge on any atom is 0.435 e. The molecule has 6 nitrogen and oxygen atoms in total. The maximum atomic E-state index is 13.1. The SMILES string of the molecule is Cn1nc(C(F)(F)F)cc1C1C2OC(CC2O)C1C(=O)Nc1ccc(C(F)(F)F)c(Cl)c1. The van der Waals surface area contributed by atoms with Gasteiger partial charge in [-0.05, 0) is 24.3 Å². The number of aliphatic hydroxyl groups excluding tert-OH is 1. The molecule has 1 amide bonds. The maximum absolute atomic E-state index is 13.1. The Kier molecular flexibility index (Phi) is 5.45. The normalized spacial score (nSPS) is 27.7. The van der Waals surface area contributed by atoms with Gasteiger partial charge in [-0.3, -0.25) is 9.48 Å². The number of anilines is 1. The van der Waals surface area contributed by atoms with Crippen LogP contribution in [-0.2, 0) is 28.9 Å². The number of benzene rings is 1. The Bertz CT molecular complexity index is 1050. The van der Waals surface area contributed by atoms with Crippen LogP contribution in [0.5, 0.6) is 0 Å². The number of hydrogen-bond acceptors (Lipinski definition) is 4. The van der Waals surface area contributed by atoms with Gasteiger partial charge in [-0.2, -0.15) is 31.4 Å².